The van der Waals surface area contributed by atoms with E-state index in [0.717, 1.165) is 25.9 Å². The molecule has 1 atom stereocenters. The molecule has 0 radical (unpaired) electrons. The Hall–Kier alpha value is -1.01. The first kappa shape index (κ1) is 12.1. The lowest BCUT2D eigenvalue weighted by atomic mass is 10.1. The lowest BCUT2D eigenvalue weighted by Gasteiger charge is -2.18. The summed E-state index contributed by atoms with van der Waals surface area (Å²) in [5, 5.41) is 0. The second-order valence-corrected chi connectivity index (χ2v) is 4.63. The molecule has 3 nitrogen and oxygen atoms in total. The molecule has 84 valence electrons. The molecule has 0 amide bonds. The molecule has 0 aromatic heterocycles. The molecule has 1 unspecified atom stereocenters. The van der Waals surface area contributed by atoms with Gasteiger partial charge in [0.25, 0.3) is 0 Å². The van der Waals surface area contributed by atoms with E-state index in [0.29, 0.717) is 0 Å². The van der Waals surface area contributed by atoms with E-state index in [4.69, 9.17) is 9.47 Å². The SMILES string of the molecule is CC(C)(C)OC(=O)C#CC1CCCCO1. The van der Waals surface area contributed by atoms with E-state index in [1.807, 2.05) is 20.8 Å². The molecule has 1 heterocycles. The van der Waals surface area contributed by atoms with E-state index in [9.17, 15) is 4.79 Å². The van der Waals surface area contributed by atoms with Crippen LogP contribution in [-0.4, -0.2) is 24.3 Å². The van der Waals surface area contributed by atoms with E-state index < -0.39 is 11.6 Å². The van der Waals surface area contributed by atoms with Crippen LogP contribution in [0.5, 0.6) is 0 Å². The van der Waals surface area contributed by atoms with Crippen molar-refractivity contribution in [2.45, 2.75) is 51.7 Å². The predicted molar refractivity (Wildman–Crippen MR) is 57.2 cm³/mol. The number of carbonyl (C=O) groups excluding carboxylic acids is 1. The molecule has 15 heavy (non-hydrogen) atoms. The Balaban J connectivity index is 2.39. The van der Waals surface area contributed by atoms with Crippen LogP contribution in [0, 0.1) is 11.8 Å². The molecule has 1 saturated heterocycles. The van der Waals surface area contributed by atoms with Crippen LogP contribution in [0.1, 0.15) is 40.0 Å². The molecule has 3 heteroatoms. The monoisotopic (exact) mass is 210 g/mol. The van der Waals surface area contributed by atoms with Crippen LogP contribution >= 0.6 is 0 Å². The predicted octanol–water partition coefficient (Wildman–Crippen LogP) is 1.90. The van der Waals surface area contributed by atoms with Crippen LogP contribution in [0.25, 0.3) is 0 Å². The molecule has 1 rings (SSSR count). The lowest BCUT2D eigenvalue weighted by Crippen LogP contribution is -2.23. The second-order valence-electron chi connectivity index (χ2n) is 4.63. The molecule has 0 aromatic rings. The van der Waals surface area contributed by atoms with Gasteiger partial charge in [0.15, 0.2) is 0 Å². The van der Waals surface area contributed by atoms with Crippen molar-refractivity contribution in [2.24, 2.45) is 0 Å². The topological polar surface area (TPSA) is 35.5 Å². The smallest absolute Gasteiger partial charge is 0.384 e. The highest BCUT2D eigenvalue weighted by molar-refractivity contribution is 5.88. The van der Waals surface area contributed by atoms with Crippen LogP contribution < -0.4 is 0 Å². The zero-order chi connectivity index (χ0) is 11.3. The fourth-order valence-corrected chi connectivity index (χ4v) is 1.30. The van der Waals surface area contributed by atoms with Gasteiger partial charge in [0.2, 0.25) is 0 Å². The van der Waals surface area contributed by atoms with Crippen molar-refractivity contribution < 1.29 is 14.3 Å². The summed E-state index contributed by atoms with van der Waals surface area (Å²) in [4.78, 5) is 11.2. The zero-order valence-electron chi connectivity index (χ0n) is 9.63. The molecule has 0 spiro atoms. The number of hydrogen-bond donors (Lipinski definition) is 0. The molecule has 1 aliphatic rings. The number of hydrogen-bond acceptors (Lipinski definition) is 3. The summed E-state index contributed by atoms with van der Waals surface area (Å²) in [6, 6.07) is 0. The van der Waals surface area contributed by atoms with Gasteiger partial charge >= 0.3 is 5.97 Å². The van der Waals surface area contributed by atoms with Crippen molar-refractivity contribution in [2.75, 3.05) is 6.61 Å². The van der Waals surface area contributed by atoms with Crippen molar-refractivity contribution in [3.63, 3.8) is 0 Å². The van der Waals surface area contributed by atoms with Gasteiger partial charge in [0.05, 0.1) is 0 Å². The summed E-state index contributed by atoms with van der Waals surface area (Å²) in [6.45, 7) is 6.21. The first-order chi connectivity index (χ1) is 6.97. The Bertz CT molecular complexity index is 271. The molecule has 0 N–H and O–H groups in total. The van der Waals surface area contributed by atoms with Gasteiger partial charge in [-0.3, -0.25) is 0 Å². The van der Waals surface area contributed by atoms with Gasteiger partial charge in [-0.2, -0.15) is 0 Å². The van der Waals surface area contributed by atoms with Gasteiger partial charge in [0, 0.05) is 12.5 Å². The van der Waals surface area contributed by atoms with Crippen molar-refractivity contribution in [1.82, 2.24) is 0 Å². The molecule has 0 saturated carbocycles. The molecule has 1 fully saturated rings. The summed E-state index contributed by atoms with van der Waals surface area (Å²) in [5.41, 5.74) is -0.473. The molecule has 0 aliphatic carbocycles. The summed E-state index contributed by atoms with van der Waals surface area (Å²) in [7, 11) is 0. The first-order valence-corrected chi connectivity index (χ1v) is 5.33. The van der Waals surface area contributed by atoms with Crippen molar-refractivity contribution in [3.8, 4) is 11.8 Å². The molecule has 0 aromatic carbocycles. The molecule has 1 aliphatic heterocycles. The minimum atomic E-state index is -0.475. The highest BCUT2D eigenvalue weighted by Crippen LogP contribution is 2.11. The Labute approximate surface area is 91.1 Å². The van der Waals surface area contributed by atoms with E-state index in [-0.39, 0.29) is 6.10 Å². The maximum Gasteiger partial charge on any atom is 0.384 e. The highest BCUT2D eigenvalue weighted by atomic mass is 16.6. The molecule has 0 bridgehead atoms. The quantitative estimate of drug-likeness (QED) is 0.348. The van der Waals surface area contributed by atoms with Crippen LogP contribution in [0.15, 0.2) is 0 Å². The zero-order valence-corrected chi connectivity index (χ0v) is 9.63. The maximum absolute atomic E-state index is 11.2. The third-order valence-electron chi connectivity index (χ3n) is 1.91. The Morgan fingerprint density at radius 1 is 1.40 bits per heavy atom. The third kappa shape index (κ3) is 5.44. The molecular weight excluding hydrogens is 192 g/mol. The van der Waals surface area contributed by atoms with E-state index in [1.165, 1.54) is 0 Å². The Kier molecular flexibility index (Phi) is 4.16. The van der Waals surface area contributed by atoms with Gasteiger partial charge in [-0.1, -0.05) is 5.92 Å². The summed E-state index contributed by atoms with van der Waals surface area (Å²) >= 11 is 0. The number of rotatable bonds is 0. The van der Waals surface area contributed by atoms with Crippen LogP contribution in [0.3, 0.4) is 0 Å². The molecular formula is C12H18O3. The fraction of sp³-hybridized carbons (Fsp3) is 0.750. The van der Waals surface area contributed by atoms with Gasteiger partial charge in [-0.05, 0) is 40.0 Å². The summed E-state index contributed by atoms with van der Waals surface area (Å²) in [5.74, 6) is 4.79. The van der Waals surface area contributed by atoms with Crippen molar-refractivity contribution in [1.29, 1.82) is 0 Å². The highest BCUT2D eigenvalue weighted by Gasteiger charge is 2.15. The van der Waals surface area contributed by atoms with Crippen LogP contribution in [0.4, 0.5) is 0 Å². The largest absolute Gasteiger partial charge is 0.450 e. The fourth-order valence-electron chi connectivity index (χ4n) is 1.30. The number of ether oxygens (including phenoxy) is 2. The number of carbonyl (C=O) groups is 1. The first-order valence-electron chi connectivity index (χ1n) is 5.33. The van der Waals surface area contributed by atoms with E-state index in [2.05, 4.69) is 11.8 Å². The van der Waals surface area contributed by atoms with Crippen LogP contribution in [-0.2, 0) is 14.3 Å². The van der Waals surface area contributed by atoms with Gasteiger partial charge < -0.3 is 9.47 Å². The number of esters is 1. The summed E-state index contributed by atoms with van der Waals surface area (Å²) in [6.07, 6.45) is 3.03. The van der Waals surface area contributed by atoms with Gasteiger partial charge in [-0.15, -0.1) is 0 Å². The summed E-state index contributed by atoms with van der Waals surface area (Å²) < 4.78 is 10.4. The second kappa shape index (κ2) is 5.18. The lowest BCUT2D eigenvalue weighted by molar-refractivity contribution is -0.147. The Morgan fingerprint density at radius 2 is 2.13 bits per heavy atom. The standard InChI is InChI=1S/C12H18O3/c1-12(2,3)15-11(13)8-7-10-6-4-5-9-14-10/h10H,4-6,9H2,1-3H3. The van der Waals surface area contributed by atoms with Crippen LogP contribution in [0.2, 0.25) is 0 Å². The minimum Gasteiger partial charge on any atom is -0.450 e. The average molecular weight is 210 g/mol. The third-order valence-corrected chi connectivity index (χ3v) is 1.91. The van der Waals surface area contributed by atoms with Gasteiger partial charge in [-0.25, -0.2) is 4.79 Å². The van der Waals surface area contributed by atoms with Crippen molar-refractivity contribution in [3.05, 3.63) is 0 Å². The maximum atomic E-state index is 11.2. The van der Waals surface area contributed by atoms with E-state index >= 15 is 0 Å². The van der Waals surface area contributed by atoms with E-state index in [1.54, 1.807) is 0 Å². The van der Waals surface area contributed by atoms with Crippen molar-refractivity contribution >= 4 is 5.97 Å². The average Bonchev–Trinajstić information content (AvgIpc) is 2.14. The Morgan fingerprint density at radius 3 is 2.67 bits per heavy atom. The normalized spacial score (nSPS) is 21.4. The van der Waals surface area contributed by atoms with Gasteiger partial charge in [0.1, 0.15) is 11.7 Å². The minimum absolute atomic E-state index is 0.0914.